The molecule has 2 rings (SSSR count). The highest BCUT2D eigenvalue weighted by molar-refractivity contribution is 9.10. The molecular formula is C19H23BrN2O2. The minimum atomic E-state index is -0.0242. The van der Waals surface area contributed by atoms with Gasteiger partial charge in [-0.2, -0.15) is 0 Å². The normalized spacial score (nSPS) is 10.8. The van der Waals surface area contributed by atoms with Crippen LogP contribution in [0.25, 0.3) is 0 Å². The summed E-state index contributed by atoms with van der Waals surface area (Å²) in [6.45, 7) is 4.93. The van der Waals surface area contributed by atoms with Crippen LogP contribution < -0.4 is 10.1 Å². The fourth-order valence-electron chi connectivity index (χ4n) is 2.65. The van der Waals surface area contributed by atoms with Crippen LogP contribution in [0.5, 0.6) is 5.75 Å². The maximum absolute atomic E-state index is 12.3. The van der Waals surface area contributed by atoms with Crippen LogP contribution in [-0.2, 0) is 11.3 Å². The number of hydrogen-bond acceptors (Lipinski definition) is 3. The van der Waals surface area contributed by atoms with E-state index in [0.717, 1.165) is 32.6 Å². The molecule has 128 valence electrons. The average Bonchev–Trinajstić information content (AvgIpc) is 2.51. The first kappa shape index (κ1) is 18.5. The van der Waals surface area contributed by atoms with Crippen molar-refractivity contribution in [2.24, 2.45) is 0 Å². The molecule has 0 atom stereocenters. The Morgan fingerprint density at radius 1 is 1.21 bits per heavy atom. The number of likely N-dealkylation sites (N-methyl/N-ethyl adjacent to an activating group) is 1. The molecule has 0 fully saturated rings. The molecule has 0 aliphatic carbocycles. The van der Waals surface area contributed by atoms with Gasteiger partial charge in [-0.05, 0) is 50.2 Å². The molecule has 4 nitrogen and oxygen atoms in total. The molecule has 0 radical (unpaired) electrons. The second-order valence-corrected chi connectivity index (χ2v) is 6.86. The Hall–Kier alpha value is -1.85. The predicted octanol–water partition coefficient (Wildman–Crippen LogP) is 4.15. The number of benzene rings is 2. The van der Waals surface area contributed by atoms with Gasteiger partial charge in [0.05, 0.1) is 13.7 Å². The Bertz CT molecular complexity index is 711. The molecule has 0 unspecified atom stereocenters. The molecule has 0 heterocycles. The number of nitrogens with one attached hydrogen (secondary N) is 1. The summed E-state index contributed by atoms with van der Waals surface area (Å²) < 4.78 is 6.38. The molecule has 0 saturated carbocycles. The van der Waals surface area contributed by atoms with E-state index in [1.807, 2.05) is 62.2 Å². The van der Waals surface area contributed by atoms with E-state index in [1.54, 1.807) is 7.11 Å². The van der Waals surface area contributed by atoms with E-state index in [1.165, 1.54) is 0 Å². The maximum Gasteiger partial charge on any atom is 0.238 e. The van der Waals surface area contributed by atoms with Crippen LogP contribution in [0.15, 0.2) is 40.9 Å². The van der Waals surface area contributed by atoms with Gasteiger partial charge >= 0.3 is 0 Å². The van der Waals surface area contributed by atoms with Gasteiger partial charge in [-0.1, -0.05) is 34.1 Å². The first-order valence-electron chi connectivity index (χ1n) is 7.77. The molecule has 0 aliphatic heterocycles. The molecule has 2 aromatic carbocycles. The number of aryl methyl sites for hydroxylation is 2. The number of rotatable bonds is 6. The number of para-hydroxylation sites is 1. The number of carbonyl (C=O) groups is 1. The molecule has 0 saturated heterocycles. The number of hydrogen-bond donors (Lipinski definition) is 1. The van der Waals surface area contributed by atoms with Gasteiger partial charge < -0.3 is 10.1 Å². The molecule has 24 heavy (non-hydrogen) atoms. The summed E-state index contributed by atoms with van der Waals surface area (Å²) in [6.07, 6.45) is 0. The molecule has 1 N–H and O–H groups in total. The lowest BCUT2D eigenvalue weighted by Crippen LogP contribution is -2.30. The Kier molecular flexibility index (Phi) is 6.40. The lowest BCUT2D eigenvalue weighted by molar-refractivity contribution is -0.117. The van der Waals surface area contributed by atoms with Gasteiger partial charge in [0.2, 0.25) is 5.91 Å². The first-order valence-corrected chi connectivity index (χ1v) is 8.57. The van der Waals surface area contributed by atoms with Crippen LogP contribution in [0.2, 0.25) is 0 Å². The van der Waals surface area contributed by atoms with Crippen LogP contribution in [0.1, 0.15) is 16.7 Å². The Balaban J connectivity index is 2.01. The van der Waals surface area contributed by atoms with Crippen molar-refractivity contribution in [1.82, 2.24) is 4.90 Å². The molecule has 1 amide bonds. The van der Waals surface area contributed by atoms with Crippen molar-refractivity contribution in [1.29, 1.82) is 0 Å². The van der Waals surface area contributed by atoms with Gasteiger partial charge in [0.25, 0.3) is 0 Å². The average molecular weight is 391 g/mol. The molecule has 0 bridgehead atoms. The van der Waals surface area contributed by atoms with Crippen molar-refractivity contribution in [3.05, 3.63) is 57.6 Å². The van der Waals surface area contributed by atoms with Gasteiger partial charge in [-0.15, -0.1) is 0 Å². The van der Waals surface area contributed by atoms with Crippen molar-refractivity contribution < 1.29 is 9.53 Å². The third kappa shape index (κ3) is 4.82. The Morgan fingerprint density at radius 2 is 1.88 bits per heavy atom. The fraction of sp³-hybridized carbons (Fsp3) is 0.316. The zero-order valence-corrected chi connectivity index (χ0v) is 16.1. The molecule has 0 spiro atoms. The van der Waals surface area contributed by atoms with Crippen LogP contribution in [0, 0.1) is 13.8 Å². The topological polar surface area (TPSA) is 41.6 Å². The minimum absolute atomic E-state index is 0.0242. The summed E-state index contributed by atoms with van der Waals surface area (Å²) in [6, 6.07) is 11.9. The number of halogens is 1. The highest BCUT2D eigenvalue weighted by Gasteiger charge is 2.12. The summed E-state index contributed by atoms with van der Waals surface area (Å²) in [5.74, 6) is 0.795. The summed E-state index contributed by atoms with van der Waals surface area (Å²) in [5.41, 5.74) is 4.07. The zero-order chi connectivity index (χ0) is 17.7. The van der Waals surface area contributed by atoms with Crippen molar-refractivity contribution in [2.75, 3.05) is 26.0 Å². The number of methoxy groups -OCH3 is 1. The van der Waals surface area contributed by atoms with E-state index in [9.17, 15) is 4.79 Å². The number of nitrogens with zero attached hydrogens (tertiary/aromatic N) is 1. The van der Waals surface area contributed by atoms with Crippen molar-refractivity contribution >= 4 is 27.5 Å². The third-order valence-corrected chi connectivity index (χ3v) is 4.34. The standard InChI is InChI=1S/C19H23BrN2O2/c1-13-6-5-7-14(2)19(13)21-18(23)12-22(3)11-15-10-16(20)8-9-17(15)24-4/h5-10H,11-12H2,1-4H3,(H,21,23). The largest absolute Gasteiger partial charge is 0.496 e. The first-order chi connectivity index (χ1) is 11.4. The van der Waals surface area contributed by atoms with Crippen molar-refractivity contribution in [3.63, 3.8) is 0 Å². The monoisotopic (exact) mass is 390 g/mol. The summed E-state index contributed by atoms with van der Waals surface area (Å²) in [4.78, 5) is 14.3. The SMILES string of the molecule is COc1ccc(Br)cc1CN(C)CC(=O)Nc1c(C)cccc1C. The fourth-order valence-corrected chi connectivity index (χ4v) is 3.06. The molecule has 0 aromatic heterocycles. The van der Waals surface area contributed by atoms with Crippen LogP contribution in [-0.4, -0.2) is 31.5 Å². The van der Waals surface area contributed by atoms with Crippen molar-refractivity contribution in [3.8, 4) is 5.75 Å². The number of ether oxygens (including phenoxy) is 1. The minimum Gasteiger partial charge on any atom is -0.496 e. The van der Waals surface area contributed by atoms with Crippen LogP contribution in [0.4, 0.5) is 5.69 Å². The number of amides is 1. The summed E-state index contributed by atoms with van der Waals surface area (Å²) in [7, 11) is 3.57. The third-order valence-electron chi connectivity index (χ3n) is 3.84. The lowest BCUT2D eigenvalue weighted by atomic mass is 10.1. The highest BCUT2D eigenvalue weighted by Crippen LogP contribution is 2.24. The van der Waals surface area contributed by atoms with Gasteiger partial charge in [0.15, 0.2) is 0 Å². The van der Waals surface area contributed by atoms with Gasteiger partial charge in [-0.3, -0.25) is 9.69 Å². The van der Waals surface area contributed by atoms with Gasteiger partial charge in [-0.25, -0.2) is 0 Å². The number of carbonyl (C=O) groups excluding carboxylic acids is 1. The zero-order valence-electron chi connectivity index (χ0n) is 14.5. The number of anilines is 1. The van der Waals surface area contributed by atoms with E-state index in [2.05, 4.69) is 21.2 Å². The Labute approximate surface area is 151 Å². The Morgan fingerprint density at radius 3 is 2.50 bits per heavy atom. The van der Waals surface area contributed by atoms with Crippen LogP contribution >= 0.6 is 15.9 Å². The highest BCUT2D eigenvalue weighted by atomic mass is 79.9. The van der Waals surface area contributed by atoms with Crippen LogP contribution in [0.3, 0.4) is 0 Å². The second kappa shape index (κ2) is 8.31. The van der Waals surface area contributed by atoms with Gasteiger partial charge in [0.1, 0.15) is 5.75 Å². The smallest absolute Gasteiger partial charge is 0.238 e. The van der Waals surface area contributed by atoms with E-state index < -0.39 is 0 Å². The van der Waals surface area contributed by atoms with E-state index in [4.69, 9.17) is 4.74 Å². The molecular weight excluding hydrogens is 368 g/mol. The summed E-state index contributed by atoms with van der Waals surface area (Å²) in [5, 5.41) is 3.01. The molecule has 0 aliphatic rings. The molecule has 2 aromatic rings. The molecule has 5 heteroatoms. The van der Waals surface area contributed by atoms with E-state index in [-0.39, 0.29) is 5.91 Å². The lowest BCUT2D eigenvalue weighted by Gasteiger charge is -2.19. The maximum atomic E-state index is 12.3. The quantitative estimate of drug-likeness (QED) is 0.805. The summed E-state index contributed by atoms with van der Waals surface area (Å²) >= 11 is 3.47. The second-order valence-electron chi connectivity index (χ2n) is 5.94. The van der Waals surface area contributed by atoms with E-state index in [0.29, 0.717) is 13.1 Å². The predicted molar refractivity (Wildman–Crippen MR) is 102 cm³/mol. The van der Waals surface area contributed by atoms with Crippen molar-refractivity contribution in [2.45, 2.75) is 20.4 Å². The van der Waals surface area contributed by atoms with E-state index >= 15 is 0 Å². The van der Waals surface area contributed by atoms with Gasteiger partial charge in [0, 0.05) is 22.3 Å².